The fourth-order valence-corrected chi connectivity index (χ4v) is 9.42. The Morgan fingerprint density at radius 1 is 0.964 bits per heavy atom. The van der Waals surface area contributed by atoms with Gasteiger partial charge in [0.15, 0.2) is 0 Å². The lowest BCUT2D eigenvalue weighted by Crippen LogP contribution is -2.57. The molecule has 3 aromatic rings. The average Bonchev–Trinajstić information content (AvgIpc) is 4.13. The van der Waals surface area contributed by atoms with Crippen LogP contribution in [0.1, 0.15) is 62.5 Å². The SMILES string of the molecule is O=C(NCC(O)C(O)C(O)C(O)CO)NC1CC2(CCN(S(=O)(=O)c3ccc(Cl)c(COC4(c5cnccc5-c5ccccc5OC5CC5)CC4)c3)CC2)C1. The quantitative estimate of drug-likeness (QED) is 0.112. The van der Waals surface area contributed by atoms with Crippen molar-refractivity contribution in [1.29, 1.82) is 0 Å². The zero-order valence-corrected chi connectivity index (χ0v) is 32.0. The molecule has 14 nitrogen and oxygen atoms in total. The highest BCUT2D eigenvalue weighted by Gasteiger charge is 2.49. The first-order valence-corrected chi connectivity index (χ1v) is 20.7. The summed E-state index contributed by atoms with van der Waals surface area (Å²) in [6.07, 6.45) is 3.40. The molecule has 7 rings (SSSR count). The maximum atomic E-state index is 13.9. The Kier molecular flexibility index (Phi) is 11.8. The number of hydrogen-bond donors (Lipinski definition) is 7. The summed E-state index contributed by atoms with van der Waals surface area (Å²) >= 11 is 6.62. The lowest BCUT2D eigenvalue weighted by Gasteiger charge is -2.52. The molecule has 4 unspecified atom stereocenters. The Morgan fingerprint density at radius 2 is 1.67 bits per heavy atom. The summed E-state index contributed by atoms with van der Waals surface area (Å²) < 4.78 is 42.1. The summed E-state index contributed by atoms with van der Waals surface area (Å²) in [4.78, 5) is 17.0. The normalized spacial score (nSPS) is 21.6. The lowest BCUT2D eigenvalue weighted by molar-refractivity contribution is -0.113. The van der Waals surface area contributed by atoms with E-state index >= 15 is 0 Å². The van der Waals surface area contributed by atoms with Gasteiger partial charge in [-0.15, -0.1) is 0 Å². The Bertz CT molecular complexity index is 1950. The van der Waals surface area contributed by atoms with E-state index in [0.717, 1.165) is 48.1 Å². The maximum absolute atomic E-state index is 13.9. The van der Waals surface area contributed by atoms with Crippen LogP contribution in [-0.2, 0) is 27.0 Å². The molecule has 2 heterocycles. The van der Waals surface area contributed by atoms with Crippen molar-refractivity contribution in [3.8, 4) is 16.9 Å². The minimum absolute atomic E-state index is 0.0997. The zero-order valence-electron chi connectivity index (χ0n) is 30.4. The van der Waals surface area contributed by atoms with Crippen LogP contribution in [0, 0.1) is 5.41 Å². The average molecular weight is 801 g/mol. The number of aromatic nitrogens is 1. The number of halogens is 1. The molecule has 2 amide bonds. The number of urea groups is 1. The van der Waals surface area contributed by atoms with E-state index in [9.17, 15) is 33.6 Å². The molecule has 1 spiro atoms. The second-order valence-electron chi connectivity index (χ2n) is 15.4. The first-order valence-electron chi connectivity index (χ1n) is 18.8. The van der Waals surface area contributed by atoms with Crippen LogP contribution in [-0.4, -0.2) is 112 Å². The third-order valence-corrected chi connectivity index (χ3v) is 13.7. The number of nitrogens with one attached hydrogen (secondary N) is 2. The van der Waals surface area contributed by atoms with Crippen LogP contribution in [0.2, 0.25) is 5.02 Å². The van der Waals surface area contributed by atoms with Gasteiger partial charge >= 0.3 is 6.03 Å². The van der Waals surface area contributed by atoms with Gasteiger partial charge in [0.05, 0.1) is 35.9 Å². The molecule has 2 aromatic carbocycles. The summed E-state index contributed by atoms with van der Waals surface area (Å²) in [6, 6.07) is 14.0. The van der Waals surface area contributed by atoms with Gasteiger partial charge in [-0.2, -0.15) is 4.31 Å². The molecule has 55 heavy (non-hydrogen) atoms. The largest absolute Gasteiger partial charge is 0.490 e. The van der Waals surface area contributed by atoms with Crippen LogP contribution >= 0.6 is 11.6 Å². The highest BCUT2D eigenvalue weighted by molar-refractivity contribution is 7.89. The molecule has 1 aliphatic heterocycles. The molecular weight excluding hydrogens is 752 g/mol. The minimum Gasteiger partial charge on any atom is -0.490 e. The fourth-order valence-electron chi connectivity index (χ4n) is 7.76. The molecule has 4 fully saturated rings. The summed E-state index contributed by atoms with van der Waals surface area (Å²) in [6.45, 7) is -0.396. The number of pyridine rings is 1. The van der Waals surface area contributed by atoms with Crippen molar-refractivity contribution in [2.75, 3.05) is 26.2 Å². The Morgan fingerprint density at radius 3 is 2.36 bits per heavy atom. The van der Waals surface area contributed by atoms with Gasteiger partial charge in [-0.3, -0.25) is 4.98 Å². The van der Waals surface area contributed by atoms with Crippen molar-refractivity contribution < 1.29 is 48.2 Å². The van der Waals surface area contributed by atoms with Crippen LogP contribution in [0.5, 0.6) is 5.75 Å². The molecule has 298 valence electrons. The van der Waals surface area contributed by atoms with Crippen LogP contribution in [0.3, 0.4) is 0 Å². The number of sulfonamides is 1. The molecule has 4 atom stereocenters. The molecule has 4 aliphatic rings. The zero-order chi connectivity index (χ0) is 39.0. The first-order chi connectivity index (χ1) is 26.3. The number of rotatable bonds is 16. The van der Waals surface area contributed by atoms with Crippen molar-refractivity contribution in [3.63, 3.8) is 0 Å². The molecule has 3 aliphatic carbocycles. The van der Waals surface area contributed by atoms with Crippen LogP contribution in [0.4, 0.5) is 4.79 Å². The van der Waals surface area contributed by atoms with Gasteiger partial charge in [-0.05, 0) is 98.2 Å². The smallest absolute Gasteiger partial charge is 0.315 e. The number of aliphatic hydroxyl groups excluding tert-OH is 5. The van der Waals surface area contributed by atoms with Crippen molar-refractivity contribution in [1.82, 2.24) is 19.9 Å². The Hall–Kier alpha value is -3.38. The monoisotopic (exact) mass is 800 g/mol. The molecule has 3 saturated carbocycles. The molecule has 16 heteroatoms. The third kappa shape index (κ3) is 8.80. The Labute approximate surface area is 325 Å². The van der Waals surface area contributed by atoms with Gasteiger partial charge in [0.1, 0.15) is 24.1 Å². The third-order valence-electron chi connectivity index (χ3n) is 11.4. The molecule has 1 aromatic heterocycles. The second-order valence-corrected chi connectivity index (χ2v) is 17.8. The highest BCUT2D eigenvalue weighted by Crippen LogP contribution is 2.54. The first kappa shape index (κ1) is 39.8. The van der Waals surface area contributed by atoms with E-state index in [2.05, 4.69) is 15.6 Å². The van der Waals surface area contributed by atoms with Crippen LogP contribution in [0.15, 0.2) is 65.8 Å². The summed E-state index contributed by atoms with van der Waals surface area (Å²) in [7, 11) is -3.82. The predicted molar refractivity (Wildman–Crippen MR) is 202 cm³/mol. The number of carbonyl (C=O) groups excluding carboxylic acids is 1. The second kappa shape index (κ2) is 16.2. The molecule has 0 radical (unpaired) electrons. The van der Waals surface area contributed by atoms with Crippen molar-refractivity contribution >= 4 is 27.7 Å². The number of aliphatic hydroxyl groups is 5. The van der Waals surface area contributed by atoms with Crippen molar-refractivity contribution in [2.45, 2.75) is 105 Å². The van der Waals surface area contributed by atoms with E-state index in [4.69, 9.17) is 26.2 Å². The Balaban J connectivity index is 0.923. The summed E-state index contributed by atoms with van der Waals surface area (Å²) in [5.74, 6) is 0.835. The number of benzene rings is 2. The van der Waals surface area contributed by atoms with Crippen molar-refractivity contribution in [3.05, 3.63) is 77.1 Å². The van der Waals surface area contributed by atoms with Gasteiger partial charge in [0, 0.05) is 54.2 Å². The topological polar surface area (TPSA) is 211 Å². The van der Waals surface area contributed by atoms with Crippen LogP contribution < -0.4 is 15.4 Å². The minimum atomic E-state index is -3.82. The van der Waals surface area contributed by atoms with Gasteiger partial charge in [0.2, 0.25) is 10.0 Å². The highest BCUT2D eigenvalue weighted by atomic mass is 35.5. The standard InChI is InChI=1S/C39H49ClN4O10S/c40-31-8-7-27(17-24(31)23-53-39(10-11-39)30-20-41-14-9-28(30)29-3-1-2-4-34(29)54-26-5-6-26)55(51,52)44-15-12-38(13-16-44)18-25(19-38)43-37(50)42-21-32(46)35(48)36(49)33(47)22-45/h1-4,7-9,14,17,20,25-26,32-33,35-36,45-49H,5-6,10-13,15-16,18-19,21-23H2,(H2,42,43,50). The van der Waals surface area contributed by atoms with E-state index in [0.29, 0.717) is 49.4 Å². The molecular formula is C39H49ClN4O10S. The van der Waals surface area contributed by atoms with Gasteiger partial charge in [0.25, 0.3) is 0 Å². The molecule has 7 N–H and O–H groups in total. The number of piperidine rings is 1. The maximum Gasteiger partial charge on any atom is 0.315 e. The van der Waals surface area contributed by atoms with Gasteiger partial charge in [-0.1, -0.05) is 29.8 Å². The lowest BCUT2D eigenvalue weighted by atomic mass is 9.60. The van der Waals surface area contributed by atoms with Crippen molar-refractivity contribution in [2.24, 2.45) is 5.41 Å². The van der Waals surface area contributed by atoms with E-state index in [1.165, 1.54) is 10.4 Å². The number of nitrogens with zero attached hydrogens (tertiary/aromatic N) is 2. The fraction of sp³-hybridized carbons (Fsp3) is 0.538. The van der Waals surface area contributed by atoms with E-state index in [1.807, 2.05) is 36.5 Å². The molecule has 1 saturated heterocycles. The predicted octanol–water partition coefficient (Wildman–Crippen LogP) is 2.82. The van der Waals surface area contributed by atoms with Gasteiger partial charge < -0.3 is 45.6 Å². The number of ether oxygens (including phenoxy) is 2. The molecule has 0 bridgehead atoms. The van der Waals surface area contributed by atoms with Crippen LogP contribution in [0.25, 0.3) is 11.1 Å². The van der Waals surface area contributed by atoms with Gasteiger partial charge in [-0.25, -0.2) is 13.2 Å². The number of hydrogen-bond acceptors (Lipinski definition) is 11. The summed E-state index contributed by atoms with van der Waals surface area (Å²) in [5, 5.41) is 53.8. The van der Waals surface area contributed by atoms with E-state index < -0.39 is 52.7 Å². The number of para-hydroxylation sites is 1. The van der Waals surface area contributed by atoms with E-state index in [1.54, 1.807) is 18.3 Å². The number of carbonyl (C=O) groups is 1. The number of amides is 2. The van der Waals surface area contributed by atoms with E-state index in [-0.39, 0.29) is 35.6 Å². The summed E-state index contributed by atoms with van der Waals surface area (Å²) in [5.41, 5.74) is 2.85.